The SMILES string of the molecule is CC(C)(C)C1CC2CCC3CC(C(C)(C)C)CC4C(C5CCC6B7C8CC(C9CCCCC9)CCC8N(C8C(C9CCCCC9)CC(C9CCCCC9)CC8C8CCCCC8)C8CC(N(C9CCC(C%10CCCCC%10)CC9)C9CCC(C%10CCCCC%10)CC9)CC(C78)N(C7C(C8CCCCC8)CC(C8CCCCC8)CC7C7CCCCC7)C6C5)CC(C1)C2C34. The van der Waals surface area contributed by atoms with Gasteiger partial charge in [-0.25, -0.2) is 0 Å². The minimum absolute atomic E-state index is 0.423. The zero-order valence-corrected chi connectivity index (χ0v) is 82.9. The summed E-state index contributed by atoms with van der Waals surface area (Å²) in [6, 6.07) is 7.46. The van der Waals surface area contributed by atoms with E-state index in [1.165, 1.54) is 12.8 Å². The van der Waals surface area contributed by atoms with Gasteiger partial charge in [0, 0.05) is 54.4 Å². The Morgan fingerprint density at radius 2 is 0.508 bits per heavy atom. The molecule has 0 N–H and O–H groups in total. The van der Waals surface area contributed by atoms with E-state index in [9.17, 15) is 0 Å². The second-order valence-corrected chi connectivity index (χ2v) is 55.8. The summed E-state index contributed by atoms with van der Waals surface area (Å²) in [6.07, 6.45) is 114. The van der Waals surface area contributed by atoms with Crippen LogP contribution in [-0.4, -0.2) is 75.8 Å². The molecule has 0 aromatic rings. The first-order chi connectivity index (χ1) is 60.8. The summed E-state index contributed by atoms with van der Waals surface area (Å²) in [7, 11) is 0. The number of rotatable bonds is 15. The van der Waals surface area contributed by atoms with Gasteiger partial charge in [-0.05, 0) is 348 Å². The van der Waals surface area contributed by atoms with Crippen LogP contribution in [-0.2, 0) is 0 Å². The van der Waals surface area contributed by atoms with E-state index >= 15 is 0 Å². The smallest absolute Gasteiger partial charge is 0.156 e. The van der Waals surface area contributed by atoms with Crippen molar-refractivity contribution in [3.05, 3.63) is 0 Å². The van der Waals surface area contributed by atoms with Crippen molar-refractivity contribution in [3.8, 4) is 0 Å². The summed E-state index contributed by atoms with van der Waals surface area (Å²) in [5.41, 5.74) is 0.861. The normalized spacial score (nSPS) is 47.2. The van der Waals surface area contributed by atoms with Gasteiger partial charge < -0.3 is 0 Å². The fourth-order valence-corrected chi connectivity index (χ4v) is 43.4. The molecule has 22 fully saturated rings. The van der Waals surface area contributed by atoms with Crippen LogP contribution in [0.1, 0.15) is 504 Å². The molecule has 0 radical (unpaired) electrons. The predicted octanol–water partition coefficient (Wildman–Crippen LogP) is 33.5. The van der Waals surface area contributed by atoms with Crippen LogP contribution in [0.5, 0.6) is 0 Å². The zero-order valence-electron chi connectivity index (χ0n) is 82.9. The molecule has 20 saturated carbocycles. The van der Waals surface area contributed by atoms with Gasteiger partial charge in [-0.15, -0.1) is 0 Å². The number of hydrogen-bond acceptors (Lipinski definition) is 3. The van der Waals surface area contributed by atoms with Crippen LogP contribution in [0.3, 0.4) is 0 Å². The molecule has 0 aromatic heterocycles. The molecule has 124 heavy (non-hydrogen) atoms. The van der Waals surface area contributed by atoms with Crippen LogP contribution in [0.2, 0.25) is 17.5 Å². The maximum Gasteiger partial charge on any atom is 0.156 e. The van der Waals surface area contributed by atoms with Gasteiger partial charge in [-0.2, -0.15) is 0 Å². The lowest BCUT2D eigenvalue weighted by molar-refractivity contribution is -0.161. The third-order valence-electron chi connectivity index (χ3n) is 48.8. The molecule has 23 unspecified atom stereocenters. The molecule has 0 aromatic carbocycles. The van der Waals surface area contributed by atoms with Crippen LogP contribution in [0, 0.1) is 177 Å². The molecule has 23 atom stereocenters. The van der Waals surface area contributed by atoms with Gasteiger partial charge in [-0.3, -0.25) is 14.7 Å². The van der Waals surface area contributed by atoms with Gasteiger partial charge in [0.15, 0.2) is 6.71 Å². The van der Waals surface area contributed by atoms with E-state index < -0.39 is 0 Å². The second kappa shape index (κ2) is 39.2. The average Bonchev–Trinajstić information content (AvgIpc) is 0.687. The minimum atomic E-state index is 0.423. The second-order valence-electron chi connectivity index (χ2n) is 55.8. The van der Waals surface area contributed by atoms with Crippen molar-refractivity contribution < 1.29 is 0 Å². The number of hydrogen-bond donors (Lipinski definition) is 0. The van der Waals surface area contributed by atoms with Crippen molar-refractivity contribution in [1.29, 1.82) is 0 Å². The molecule has 22 aliphatic rings. The quantitative estimate of drug-likeness (QED) is 0.151. The summed E-state index contributed by atoms with van der Waals surface area (Å²) < 4.78 is 0. The van der Waals surface area contributed by atoms with Crippen molar-refractivity contribution in [3.63, 3.8) is 0 Å². The Labute approximate surface area is 768 Å². The van der Waals surface area contributed by atoms with Crippen LogP contribution in [0.4, 0.5) is 0 Å². The van der Waals surface area contributed by atoms with Gasteiger partial charge in [0.05, 0.1) is 0 Å². The Hall–Kier alpha value is -0.0551. The third kappa shape index (κ3) is 18.0. The monoisotopic (exact) mass is 1700 g/mol. The minimum Gasteiger partial charge on any atom is -0.295 e. The largest absolute Gasteiger partial charge is 0.295 e. The van der Waals surface area contributed by atoms with Crippen LogP contribution < -0.4 is 0 Å². The van der Waals surface area contributed by atoms with Gasteiger partial charge in [0.2, 0.25) is 0 Å². The molecule has 20 aliphatic carbocycles. The van der Waals surface area contributed by atoms with E-state index in [0.717, 1.165) is 244 Å². The fourth-order valence-electron chi connectivity index (χ4n) is 43.4. The maximum atomic E-state index is 4.20. The summed E-state index contributed by atoms with van der Waals surface area (Å²) in [5, 5.41) is 0. The van der Waals surface area contributed by atoms with Crippen LogP contribution in [0.25, 0.3) is 0 Å². The van der Waals surface area contributed by atoms with Crippen molar-refractivity contribution in [2.45, 2.75) is 576 Å². The van der Waals surface area contributed by atoms with E-state index in [4.69, 9.17) is 0 Å². The standard InChI is InChI=1S/C120H202BN3/c1-119(2,3)97-66-92-52-53-93-67-98(120(4,5)6)76-107-102(73-96(68-97)114(92)115(93)107)91-58-64-108-111(75-91)124(118-105(88-48-30-14-31-49-88)71-95(83-42-24-11-25-43-83)72-106(118)89-50-32-15-33-51-89)113-78-101(122(99-60-54-84(55-61-99)79-34-16-7-17-35-79)100-62-56-85(57-63-100)80-36-18-8-19-37-80)77-112-116(113)121(108)109-74-90(81-38-20-9-21-39-81)59-65-110(109)123(112)117-103(86-44-26-12-27-45-86)69-94(82-40-22-10-23-41-82)70-104(117)87-46-28-13-29-47-87/h79-118H,7-78H2,1-6H3. The Morgan fingerprint density at radius 1 is 0.194 bits per heavy atom. The summed E-state index contributed by atoms with van der Waals surface area (Å²) in [5.74, 6) is 30.8. The average molecular weight is 1700 g/mol. The van der Waals surface area contributed by atoms with E-state index in [2.05, 4.69) is 56.2 Å². The Kier molecular flexibility index (Phi) is 28.2. The van der Waals surface area contributed by atoms with Gasteiger partial charge in [-0.1, -0.05) is 350 Å². The molecule has 2 aliphatic heterocycles. The molecule has 0 spiro atoms. The molecule has 0 amide bonds. The highest BCUT2D eigenvalue weighted by molar-refractivity contribution is 6.65. The Morgan fingerprint density at radius 3 is 0.911 bits per heavy atom. The third-order valence-corrected chi connectivity index (χ3v) is 48.8. The van der Waals surface area contributed by atoms with Gasteiger partial charge in [0.25, 0.3) is 0 Å². The summed E-state index contributed by atoms with van der Waals surface area (Å²) in [6.45, 7) is 17.5. The molecular weight excluding hydrogens is 1490 g/mol. The maximum absolute atomic E-state index is 4.20. The predicted molar refractivity (Wildman–Crippen MR) is 526 cm³/mol. The first-order valence-corrected chi connectivity index (χ1v) is 60.1. The molecule has 2 heterocycles. The first kappa shape index (κ1) is 89.2. The molecule has 22 rings (SSSR count). The Bertz CT molecular complexity index is 3200. The zero-order chi connectivity index (χ0) is 83.3. The lowest BCUT2D eigenvalue weighted by Crippen LogP contribution is -2.78. The summed E-state index contributed by atoms with van der Waals surface area (Å²) >= 11 is 0. The van der Waals surface area contributed by atoms with E-state index in [-0.39, 0.29) is 0 Å². The highest BCUT2D eigenvalue weighted by Gasteiger charge is 2.71. The highest BCUT2D eigenvalue weighted by atomic mass is 15.3. The van der Waals surface area contributed by atoms with Crippen molar-refractivity contribution in [1.82, 2.24) is 14.7 Å². The van der Waals surface area contributed by atoms with Gasteiger partial charge in [0.1, 0.15) is 0 Å². The number of fused-ring (bicyclic) bond motifs is 4. The van der Waals surface area contributed by atoms with E-state index in [1.54, 1.807) is 449 Å². The van der Waals surface area contributed by atoms with Gasteiger partial charge >= 0.3 is 0 Å². The van der Waals surface area contributed by atoms with Crippen molar-refractivity contribution in [2.24, 2.45) is 177 Å². The van der Waals surface area contributed by atoms with E-state index in [0.29, 0.717) is 10.8 Å². The topological polar surface area (TPSA) is 9.72 Å². The van der Waals surface area contributed by atoms with Crippen LogP contribution >= 0.6 is 0 Å². The molecule has 2 saturated heterocycles. The van der Waals surface area contributed by atoms with Crippen LogP contribution in [0.15, 0.2) is 0 Å². The lowest BCUT2D eigenvalue weighted by Gasteiger charge is -2.73. The first-order valence-electron chi connectivity index (χ1n) is 60.1. The summed E-state index contributed by atoms with van der Waals surface area (Å²) in [4.78, 5) is 12.1. The number of nitrogens with zero attached hydrogens (tertiary/aromatic N) is 3. The molecule has 3 nitrogen and oxygen atoms in total. The lowest BCUT2D eigenvalue weighted by atomic mass is 9.18. The molecule has 700 valence electrons. The fraction of sp³-hybridized carbons (Fsp3) is 1.00. The molecular formula is C120H202BN3. The molecule has 4 heteroatoms. The van der Waals surface area contributed by atoms with E-state index in [1.807, 2.05) is 0 Å². The van der Waals surface area contributed by atoms with Crippen molar-refractivity contribution in [2.75, 3.05) is 0 Å². The Balaban J connectivity index is 0.746. The van der Waals surface area contributed by atoms with Crippen molar-refractivity contribution >= 4 is 6.71 Å². The molecule has 0 bridgehead atoms. The highest BCUT2D eigenvalue weighted by Crippen LogP contribution is 2.72.